The fourth-order valence-electron chi connectivity index (χ4n) is 3.51. The van der Waals surface area contributed by atoms with E-state index in [-0.39, 0.29) is 18.1 Å². The third-order valence-corrected chi connectivity index (χ3v) is 5.05. The van der Waals surface area contributed by atoms with Gasteiger partial charge in [0.2, 0.25) is 0 Å². The molecule has 2 fully saturated rings. The standard InChI is InChI=1S/C18H23N5O2/c1-25-15-9-14(10-22-7-5-17(19)21-22)23(11-15)18(24)13-4-6-20-16(8-13)12-2-3-12/h4-8,12,14-15H,2-3,9-11H2,1H3,(H2,19,21)/t14-,15+/m0/s1. The van der Waals surface area contributed by atoms with Crippen LogP contribution in [0.1, 0.15) is 41.2 Å². The highest BCUT2D eigenvalue weighted by molar-refractivity contribution is 5.94. The highest BCUT2D eigenvalue weighted by Gasteiger charge is 2.36. The van der Waals surface area contributed by atoms with Crippen LogP contribution in [0.4, 0.5) is 5.82 Å². The number of nitrogens with two attached hydrogens (primary N) is 1. The monoisotopic (exact) mass is 341 g/mol. The Labute approximate surface area is 146 Å². The van der Waals surface area contributed by atoms with E-state index in [1.54, 1.807) is 30.1 Å². The fraction of sp³-hybridized carbons (Fsp3) is 0.500. The predicted molar refractivity (Wildman–Crippen MR) is 93.1 cm³/mol. The number of nitrogens with zero attached hydrogens (tertiary/aromatic N) is 4. The van der Waals surface area contributed by atoms with Gasteiger partial charge in [-0.2, -0.15) is 5.10 Å². The number of carbonyl (C=O) groups excluding carboxylic acids is 1. The number of pyridine rings is 1. The Kier molecular flexibility index (Phi) is 4.17. The molecule has 25 heavy (non-hydrogen) atoms. The molecule has 2 atom stereocenters. The van der Waals surface area contributed by atoms with Crippen molar-refractivity contribution in [1.29, 1.82) is 0 Å². The quantitative estimate of drug-likeness (QED) is 0.894. The molecule has 1 saturated carbocycles. The van der Waals surface area contributed by atoms with Gasteiger partial charge >= 0.3 is 0 Å². The van der Waals surface area contributed by atoms with Crippen molar-refractivity contribution in [1.82, 2.24) is 19.7 Å². The van der Waals surface area contributed by atoms with Crippen molar-refractivity contribution in [3.63, 3.8) is 0 Å². The van der Waals surface area contributed by atoms with Crippen molar-refractivity contribution in [3.05, 3.63) is 41.9 Å². The van der Waals surface area contributed by atoms with Gasteiger partial charge in [-0.15, -0.1) is 0 Å². The van der Waals surface area contributed by atoms with Crippen molar-refractivity contribution < 1.29 is 9.53 Å². The number of ether oxygens (including phenoxy) is 1. The summed E-state index contributed by atoms with van der Waals surface area (Å²) < 4.78 is 7.30. The van der Waals surface area contributed by atoms with E-state index in [2.05, 4.69) is 10.1 Å². The molecular formula is C18H23N5O2. The maximum absolute atomic E-state index is 13.1. The lowest BCUT2D eigenvalue weighted by Crippen LogP contribution is -2.38. The second kappa shape index (κ2) is 6.48. The molecule has 3 heterocycles. The van der Waals surface area contributed by atoms with E-state index in [1.165, 1.54) is 12.8 Å². The first kappa shape index (κ1) is 16.1. The number of hydrogen-bond donors (Lipinski definition) is 1. The average molecular weight is 341 g/mol. The highest BCUT2D eigenvalue weighted by Crippen LogP contribution is 2.39. The van der Waals surface area contributed by atoms with Gasteiger partial charge in [0.25, 0.3) is 5.91 Å². The zero-order valence-corrected chi connectivity index (χ0v) is 14.3. The van der Waals surface area contributed by atoms with Gasteiger partial charge < -0.3 is 15.4 Å². The van der Waals surface area contributed by atoms with Crippen molar-refractivity contribution in [3.8, 4) is 0 Å². The van der Waals surface area contributed by atoms with E-state index in [0.717, 1.165) is 12.1 Å². The minimum atomic E-state index is 0.0361. The molecular weight excluding hydrogens is 318 g/mol. The minimum absolute atomic E-state index is 0.0361. The fourth-order valence-corrected chi connectivity index (χ4v) is 3.51. The summed E-state index contributed by atoms with van der Waals surface area (Å²) in [4.78, 5) is 19.4. The van der Waals surface area contributed by atoms with Crippen LogP contribution in [0.3, 0.4) is 0 Å². The molecule has 2 aliphatic rings. The summed E-state index contributed by atoms with van der Waals surface area (Å²) in [5, 5.41) is 4.24. The number of methoxy groups -OCH3 is 1. The lowest BCUT2D eigenvalue weighted by molar-refractivity contribution is 0.0678. The molecule has 7 heteroatoms. The third kappa shape index (κ3) is 3.37. The Hall–Kier alpha value is -2.41. The maximum atomic E-state index is 13.1. The molecule has 1 aliphatic heterocycles. The summed E-state index contributed by atoms with van der Waals surface area (Å²) in [6.45, 7) is 1.21. The smallest absolute Gasteiger partial charge is 0.254 e. The summed E-state index contributed by atoms with van der Waals surface area (Å²) in [5.41, 5.74) is 7.44. The first-order valence-corrected chi connectivity index (χ1v) is 8.72. The molecule has 132 valence electrons. The zero-order valence-electron chi connectivity index (χ0n) is 14.3. The van der Waals surface area contributed by atoms with Gasteiger partial charge in [0.1, 0.15) is 5.82 Å². The van der Waals surface area contributed by atoms with Gasteiger partial charge in [-0.1, -0.05) is 0 Å². The molecule has 2 N–H and O–H groups in total. The Morgan fingerprint density at radius 3 is 2.92 bits per heavy atom. The van der Waals surface area contributed by atoms with Gasteiger partial charge in [-0.3, -0.25) is 14.5 Å². The number of amides is 1. The van der Waals surface area contributed by atoms with Crippen molar-refractivity contribution >= 4 is 11.7 Å². The molecule has 2 aromatic rings. The molecule has 0 aromatic carbocycles. The molecule has 1 amide bonds. The van der Waals surface area contributed by atoms with E-state index in [9.17, 15) is 4.79 Å². The van der Waals surface area contributed by atoms with Crippen LogP contribution in [0.25, 0.3) is 0 Å². The molecule has 0 radical (unpaired) electrons. The van der Waals surface area contributed by atoms with Crippen LogP contribution >= 0.6 is 0 Å². The molecule has 1 aliphatic carbocycles. The lowest BCUT2D eigenvalue weighted by Gasteiger charge is -2.24. The van der Waals surface area contributed by atoms with Crippen molar-refractivity contribution in [2.75, 3.05) is 19.4 Å². The van der Waals surface area contributed by atoms with Crippen LogP contribution in [-0.4, -0.2) is 51.4 Å². The Balaban J connectivity index is 1.54. The minimum Gasteiger partial charge on any atom is -0.382 e. The number of anilines is 1. The van der Waals surface area contributed by atoms with Crippen molar-refractivity contribution in [2.45, 2.75) is 43.9 Å². The second-order valence-corrected chi connectivity index (χ2v) is 6.91. The molecule has 2 aromatic heterocycles. The van der Waals surface area contributed by atoms with E-state index in [4.69, 9.17) is 10.5 Å². The number of aromatic nitrogens is 3. The largest absolute Gasteiger partial charge is 0.382 e. The summed E-state index contributed by atoms with van der Waals surface area (Å²) in [6, 6.07) is 5.55. The Morgan fingerprint density at radius 2 is 2.24 bits per heavy atom. The van der Waals surface area contributed by atoms with Crippen LogP contribution < -0.4 is 5.73 Å². The molecule has 0 unspecified atom stereocenters. The number of hydrogen-bond acceptors (Lipinski definition) is 5. The average Bonchev–Trinajstić information content (AvgIpc) is 3.29. The summed E-state index contributed by atoms with van der Waals surface area (Å²) >= 11 is 0. The second-order valence-electron chi connectivity index (χ2n) is 6.91. The third-order valence-electron chi connectivity index (χ3n) is 5.05. The maximum Gasteiger partial charge on any atom is 0.254 e. The number of carbonyl (C=O) groups is 1. The van der Waals surface area contributed by atoms with Gasteiger partial charge in [0.15, 0.2) is 0 Å². The first-order chi connectivity index (χ1) is 12.1. The predicted octanol–water partition coefficient (Wildman–Crippen LogP) is 1.67. The van der Waals surface area contributed by atoms with Crippen LogP contribution in [-0.2, 0) is 11.3 Å². The van der Waals surface area contributed by atoms with E-state index in [1.807, 2.05) is 17.2 Å². The molecule has 4 rings (SSSR count). The summed E-state index contributed by atoms with van der Waals surface area (Å²) in [5.74, 6) is 1.05. The first-order valence-electron chi connectivity index (χ1n) is 8.72. The van der Waals surface area contributed by atoms with E-state index < -0.39 is 0 Å². The lowest BCUT2D eigenvalue weighted by atomic mass is 10.1. The number of likely N-dealkylation sites (tertiary alicyclic amines) is 1. The van der Waals surface area contributed by atoms with Crippen LogP contribution in [0.5, 0.6) is 0 Å². The normalized spacial score (nSPS) is 23.2. The Bertz CT molecular complexity index is 770. The van der Waals surface area contributed by atoms with Crippen LogP contribution in [0.15, 0.2) is 30.6 Å². The molecule has 1 saturated heterocycles. The van der Waals surface area contributed by atoms with E-state index in [0.29, 0.717) is 30.4 Å². The van der Waals surface area contributed by atoms with E-state index >= 15 is 0 Å². The highest BCUT2D eigenvalue weighted by atomic mass is 16.5. The summed E-state index contributed by atoms with van der Waals surface area (Å²) in [7, 11) is 1.69. The topological polar surface area (TPSA) is 86.3 Å². The van der Waals surface area contributed by atoms with Gasteiger partial charge in [0.05, 0.1) is 18.7 Å². The van der Waals surface area contributed by atoms with Crippen molar-refractivity contribution in [2.24, 2.45) is 0 Å². The molecule has 0 spiro atoms. The molecule has 0 bridgehead atoms. The van der Waals surface area contributed by atoms with Gasteiger partial charge in [-0.05, 0) is 37.5 Å². The van der Waals surface area contributed by atoms with Gasteiger partial charge in [-0.25, -0.2) is 0 Å². The van der Waals surface area contributed by atoms with Crippen LogP contribution in [0.2, 0.25) is 0 Å². The SMILES string of the molecule is CO[C@@H]1C[C@@H](Cn2ccc(N)n2)N(C(=O)c2ccnc(C3CC3)c2)C1. The number of nitrogen functional groups attached to an aromatic ring is 1. The number of rotatable bonds is 5. The van der Waals surface area contributed by atoms with Crippen LogP contribution in [0, 0.1) is 0 Å². The zero-order chi connectivity index (χ0) is 17.4. The molecule has 7 nitrogen and oxygen atoms in total. The summed E-state index contributed by atoms with van der Waals surface area (Å²) in [6.07, 6.45) is 6.77. The van der Waals surface area contributed by atoms with Gasteiger partial charge in [0, 0.05) is 43.2 Å². The Morgan fingerprint density at radius 1 is 1.40 bits per heavy atom.